The number of aliphatic hydroxyl groups excluding tert-OH is 1. The molecule has 1 aliphatic heterocycles. The van der Waals surface area contributed by atoms with Gasteiger partial charge in [-0.15, -0.1) is 0 Å². The van der Waals surface area contributed by atoms with Gasteiger partial charge in [0.1, 0.15) is 6.10 Å². The lowest BCUT2D eigenvalue weighted by Gasteiger charge is -2.10. The van der Waals surface area contributed by atoms with Gasteiger partial charge in [-0.3, -0.25) is 9.59 Å². The highest BCUT2D eigenvalue weighted by molar-refractivity contribution is 5.88. The van der Waals surface area contributed by atoms with E-state index in [-0.39, 0.29) is 12.2 Å². The molecule has 2 unspecified atom stereocenters. The Morgan fingerprint density at radius 2 is 2.15 bits per heavy atom. The predicted octanol–water partition coefficient (Wildman–Crippen LogP) is -1.00. The summed E-state index contributed by atoms with van der Waals surface area (Å²) in [5.41, 5.74) is 0. The van der Waals surface area contributed by atoms with Crippen LogP contribution in [-0.4, -0.2) is 40.7 Å². The minimum Gasteiger partial charge on any atom is -0.481 e. The summed E-state index contributed by atoms with van der Waals surface area (Å²) in [4.78, 5) is 21.7. The highest BCUT2D eigenvalue weighted by Crippen LogP contribution is 2.15. The van der Waals surface area contributed by atoms with Crippen LogP contribution in [0.3, 0.4) is 0 Å². The minimum atomic E-state index is -1.02. The maximum absolute atomic E-state index is 11.2. The van der Waals surface area contributed by atoms with Crippen molar-refractivity contribution in [2.75, 3.05) is 6.54 Å². The van der Waals surface area contributed by atoms with Crippen LogP contribution in [0.5, 0.6) is 0 Å². The number of carbonyl (C=O) groups is 2. The van der Waals surface area contributed by atoms with Crippen molar-refractivity contribution in [3.8, 4) is 0 Å². The number of rotatable bonds is 3. The maximum atomic E-state index is 11.2. The molecule has 0 amide bonds. The van der Waals surface area contributed by atoms with E-state index in [2.05, 4.69) is 5.32 Å². The van der Waals surface area contributed by atoms with Gasteiger partial charge < -0.3 is 15.5 Å². The van der Waals surface area contributed by atoms with Crippen molar-refractivity contribution in [2.24, 2.45) is 5.92 Å². The van der Waals surface area contributed by atoms with Gasteiger partial charge in [-0.05, 0) is 13.3 Å². The van der Waals surface area contributed by atoms with E-state index in [0.717, 1.165) is 0 Å². The Hall–Kier alpha value is -0.940. The highest BCUT2D eigenvalue weighted by Gasteiger charge is 2.34. The first-order valence-corrected chi connectivity index (χ1v) is 4.20. The number of hydrogen-bond donors (Lipinski definition) is 3. The molecule has 0 aromatic carbocycles. The van der Waals surface area contributed by atoms with Crippen LogP contribution in [0.2, 0.25) is 0 Å². The molecule has 3 atom stereocenters. The highest BCUT2D eigenvalue weighted by atomic mass is 16.4. The molecular formula is C8H13NO4. The molecule has 0 radical (unpaired) electrons. The van der Waals surface area contributed by atoms with Crippen LogP contribution < -0.4 is 5.32 Å². The summed E-state index contributed by atoms with van der Waals surface area (Å²) in [6.07, 6.45) is -0.746. The zero-order valence-electron chi connectivity index (χ0n) is 7.36. The van der Waals surface area contributed by atoms with Gasteiger partial charge in [-0.25, -0.2) is 0 Å². The van der Waals surface area contributed by atoms with Crippen LogP contribution in [0.4, 0.5) is 0 Å². The fraction of sp³-hybridized carbons (Fsp3) is 0.750. The molecule has 1 rings (SSSR count). The summed E-state index contributed by atoms with van der Waals surface area (Å²) in [7, 11) is 0. The lowest BCUT2D eigenvalue weighted by Crippen LogP contribution is -2.36. The summed E-state index contributed by atoms with van der Waals surface area (Å²) < 4.78 is 0. The van der Waals surface area contributed by atoms with Gasteiger partial charge >= 0.3 is 5.97 Å². The Morgan fingerprint density at radius 3 is 2.54 bits per heavy atom. The predicted molar refractivity (Wildman–Crippen MR) is 44.2 cm³/mol. The average molecular weight is 187 g/mol. The third-order valence-corrected chi connectivity index (χ3v) is 2.24. The fourth-order valence-corrected chi connectivity index (χ4v) is 1.43. The Labute approximate surface area is 75.7 Å². The zero-order valence-corrected chi connectivity index (χ0v) is 7.36. The van der Waals surface area contributed by atoms with E-state index in [9.17, 15) is 9.59 Å². The number of carboxylic acid groups (broad SMARTS) is 1. The quantitative estimate of drug-likeness (QED) is 0.527. The Bertz CT molecular complexity index is 226. The van der Waals surface area contributed by atoms with Gasteiger partial charge in [0.25, 0.3) is 0 Å². The van der Waals surface area contributed by atoms with E-state index < -0.39 is 24.0 Å². The first-order chi connectivity index (χ1) is 6.02. The third-order valence-electron chi connectivity index (χ3n) is 2.24. The molecule has 5 heteroatoms. The van der Waals surface area contributed by atoms with E-state index in [4.69, 9.17) is 10.2 Å². The maximum Gasteiger partial charge on any atom is 0.307 e. The summed E-state index contributed by atoms with van der Waals surface area (Å²) in [6, 6.07) is -0.499. The van der Waals surface area contributed by atoms with E-state index in [1.165, 1.54) is 6.92 Å². The summed E-state index contributed by atoms with van der Waals surface area (Å²) in [5.74, 6) is -1.73. The van der Waals surface area contributed by atoms with Crippen LogP contribution in [0.15, 0.2) is 0 Å². The van der Waals surface area contributed by atoms with Gasteiger partial charge in [0.05, 0.1) is 12.0 Å². The number of aliphatic carboxylic acids is 1. The lowest BCUT2D eigenvalue weighted by atomic mass is 10.0. The van der Waals surface area contributed by atoms with Crippen molar-refractivity contribution >= 4 is 11.8 Å². The number of hydrogen-bond acceptors (Lipinski definition) is 4. The first-order valence-electron chi connectivity index (χ1n) is 4.20. The van der Waals surface area contributed by atoms with Crippen LogP contribution in [0.25, 0.3) is 0 Å². The molecule has 5 nitrogen and oxygen atoms in total. The Balaban J connectivity index is 2.50. The second kappa shape index (κ2) is 3.85. The molecule has 1 aliphatic rings. The van der Waals surface area contributed by atoms with Gasteiger partial charge in [0.15, 0.2) is 5.78 Å². The molecule has 0 bridgehead atoms. The second-order valence-corrected chi connectivity index (χ2v) is 3.31. The van der Waals surface area contributed by atoms with Crippen molar-refractivity contribution in [1.29, 1.82) is 0 Å². The molecule has 0 aromatic heterocycles. The van der Waals surface area contributed by atoms with Crippen LogP contribution in [-0.2, 0) is 9.59 Å². The Morgan fingerprint density at radius 1 is 1.54 bits per heavy atom. The smallest absolute Gasteiger partial charge is 0.307 e. The monoisotopic (exact) mass is 187 g/mol. The number of carboxylic acids is 1. The molecule has 0 aromatic rings. The van der Waals surface area contributed by atoms with Gasteiger partial charge in [-0.1, -0.05) is 0 Å². The average Bonchev–Trinajstić information content (AvgIpc) is 2.50. The normalized spacial score (nSPS) is 30.0. The number of carbonyl (C=O) groups excluding carboxylic acids is 1. The van der Waals surface area contributed by atoms with Crippen molar-refractivity contribution in [3.63, 3.8) is 0 Å². The van der Waals surface area contributed by atoms with E-state index >= 15 is 0 Å². The number of aliphatic hydroxyl groups is 1. The summed E-state index contributed by atoms with van der Waals surface area (Å²) >= 11 is 0. The van der Waals surface area contributed by atoms with Crippen molar-refractivity contribution in [2.45, 2.75) is 25.5 Å². The standard InChI is InChI=1S/C8H13NO4/c1-4(10)7(11)6-2-5(3-9-6)8(12)13/h4-6,9-10H,2-3H2,1H3,(H,12,13)/t4?,5-,6?/m0/s1. The number of nitrogens with one attached hydrogen (secondary N) is 1. The van der Waals surface area contributed by atoms with Gasteiger partial charge in [0.2, 0.25) is 0 Å². The molecule has 3 N–H and O–H groups in total. The largest absolute Gasteiger partial charge is 0.481 e. The van der Waals surface area contributed by atoms with E-state index in [1.54, 1.807) is 0 Å². The fourth-order valence-electron chi connectivity index (χ4n) is 1.43. The van der Waals surface area contributed by atoms with Crippen LogP contribution >= 0.6 is 0 Å². The zero-order chi connectivity index (χ0) is 10.0. The van der Waals surface area contributed by atoms with Crippen LogP contribution in [0, 0.1) is 5.92 Å². The molecule has 74 valence electrons. The molecule has 0 spiro atoms. The number of Topliss-reactive ketones (excluding diaryl/α,β-unsaturated/α-hetero) is 1. The third kappa shape index (κ3) is 2.26. The van der Waals surface area contributed by atoms with E-state index in [1.807, 2.05) is 0 Å². The topological polar surface area (TPSA) is 86.6 Å². The van der Waals surface area contributed by atoms with Crippen molar-refractivity contribution in [3.05, 3.63) is 0 Å². The van der Waals surface area contributed by atoms with Crippen molar-refractivity contribution in [1.82, 2.24) is 5.32 Å². The Kier molecular flexibility index (Phi) is 3.00. The molecule has 0 aliphatic carbocycles. The lowest BCUT2D eigenvalue weighted by molar-refractivity contribution is -0.141. The molecule has 1 saturated heterocycles. The van der Waals surface area contributed by atoms with Crippen LogP contribution in [0.1, 0.15) is 13.3 Å². The first kappa shape index (κ1) is 10.1. The number of ketones is 1. The van der Waals surface area contributed by atoms with Gasteiger partial charge in [0, 0.05) is 6.54 Å². The molecule has 13 heavy (non-hydrogen) atoms. The minimum absolute atomic E-state index is 0.277. The molecular weight excluding hydrogens is 174 g/mol. The SMILES string of the molecule is CC(O)C(=O)C1C[C@H](C(=O)O)CN1. The second-order valence-electron chi connectivity index (χ2n) is 3.31. The van der Waals surface area contributed by atoms with E-state index in [0.29, 0.717) is 6.54 Å². The van der Waals surface area contributed by atoms with Gasteiger partial charge in [-0.2, -0.15) is 0 Å². The summed E-state index contributed by atoms with van der Waals surface area (Å²) in [5, 5.41) is 20.4. The summed E-state index contributed by atoms with van der Waals surface area (Å²) in [6.45, 7) is 1.69. The molecule has 1 fully saturated rings. The van der Waals surface area contributed by atoms with Crippen molar-refractivity contribution < 1.29 is 19.8 Å². The molecule has 1 heterocycles. The molecule has 0 saturated carbocycles.